The third-order valence-electron chi connectivity index (χ3n) is 2.08. The fourth-order valence-electron chi connectivity index (χ4n) is 1.43. The van der Waals surface area contributed by atoms with Crippen LogP contribution in [0.5, 0.6) is 5.75 Å². The number of para-hydroxylation sites is 1. The van der Waals surface area contributed by atoms with Crippen LogP contribution in [-0.2, 0) is 11.4 Å². The molecule has 0 saturated carbocycles. The first-order valence-electron chi connectivity index (χ1n) is 5.65. The third kappa shape index (κ3) is 4.55. The zero-order valence-electron chi connectivity index (χ0n) is 10.8. The summed E-state index contributed by atoms with van der Waals surface area (Å²) in [5.41, 5.74) is 0.256. The van der Waals surface area contributed by atoms with Crippen molar-refractivity contribution in [2.75, 3.05) is 6.61 Å². The zero-order chi connectivity index (χ0) is 13.8. The lowest BCUT2D eigenvalue weighted by atomic mass is 10.1. The molecule has 100 valence electrons. The van der Waals surface area contributed by atoms with Gasteiger partial charge in [0.1, 0.15) is 5.75 Å². The predicted octanol–water partition coefficient (Wildman–Crippen LogP) is 2.13. The van der Waals surface area contributed by atoms with E-state index < -0.39 is 0 Å². The minimum Gasteiger partial charge on any atom is -0.482 e. The van der Waals surface area contributed by atoms with Crippen molar-refractivity contribution in [2.45, 2.75) is 32.9 Å². The van der Waals surface area contributed by atoms with E-state index in [1.165, 1.54) is 0 Å². The van der Waals surface area contributed by atoms with Gasteiger partial charge in [0, 0.05) is 11.1 Å². The smallest absolute Gasteiger partial charge is 0.258 e. The van der Waals surface area contributed by atoms with Crippen molar-refractivity contribution >= 4 is 17.5 Å². The molecule has 1 rings (SSSR count). The maximum Gasteiger partial charge on any atom is 0.258 e. The maximum atomic E-state index is 11.6. The van der Waals surface area contributed by atoms with Crippen molar-refractivity contribution in [1.82, 2.24) is 5.32 Å². The molecule has 1 aromatic rings. The normalized spacial score (nSPS) is 11.2. The van der Waals surface area contributed by atoms with Gasteiger partial charge in [-0.15, -0.1) is 0 Å². The molecule has 0 atom stereocenters. The lowest BCUT2D eigenvalue weighted by Crippen LogP contribution is -2.43. The lowest BCUT2D eigenvalue weighted by molar-refractivity contribution is -0.124. The molecule has 0 heterocycles. The lowest BCUT2D eigenvalue weighted by Gasteiger charge is -2.21. The standard InChI is InChI=1S/C13H18ClNO3/c1-13(2,3)15-11(17)8-18-12-9(7-16)5-4-6-10(12)14/h4-6,16H,7-8H2,1-3H3,(H,15,17). The summed E-state index contributed by atoms with van der Waals surface area (Å²) in [7, 11) is 0. The number of hydrogen-bond donors (Lipinski definition) is 2. The van der Waals surface area contributed by atoms with Crippen LogP contribution < -0.4 is 10.1 Å². The number of aliphatic hydroxyl groups is 1. The third-order valence-corrected chi connectivity index (χ3v) is 2.38. The molecule has 0 spiro atoms. The summed E-state index contributed by atoms with van der Waals surface area (Å²) in [6, 6.07) is 5.07. The second-order valence-electron chi connectivity index (χ2n) is 4.97. The quantitative estimate of drug-likeness (QED) is 0.882. The van der Waals surface area contributed by atoms with Crippen LogP contribution in [0.3, 0.4) is 0 Å². The summed E-state index contributed by atoms with van der Waals surface area (Å²) in [4.78, 5) is 11.6. The first-order chi connectivity index (χ1) is 8.33. The van der Waals surface area contributed by atoms with Crippen LogP contribution in [0.1, 0.15) is 26.3 Å². The molecule has 1 amide bonds. The number of carbonyl (C=O) groups is 1. The number of aliphatic hydroxyl groups excluding tert-OH is 1. The van der Waals surface area contributed by atoms with Crippen molar-refractivity contribution in [2.24, 2.45) is 0 Å². The van der Waals surface area contributed by atoms with Gasteiger partial charge in [-0.25, -0.2) is 0 Å². The largest absolute Gasteiger partial charge is 0.482 e. The minimum absolute atomic E-state index is 0.131. The van der Waals surface area contributed by atoms with E-state index in [9.17, 15) is 4.79 Å². The van der Waals surface area contributed by atoms with Crippen LogP contribution in [-0.4, -0.2) is 23.2 Å². The monoisotopic (exact) mass is 271 g/mol. The molecule has 0 aliphatic heterocycles. The maximum absolute atomic E-state index is 11.6. The Morgan fingerprint density at radius 3 is 2.67 bits per heavy atom. The minimum atomic E-state index is -0.305. The van der Waals surface area contributed by atoms with Gasteiger partial charge >= 0.3 is 0 Å². The fourth-order valence-corrected chi connectivity index (χ4v) is 1.68. The molecule has 0 aliphatic rings. The van der Waals surface area contributed by atoms with Gasteiger partial charge in [-0.3, -0.25) is 4.79 Å². The van der Waals surface area contributed by atoms with E-state index in [0.29, 0.717) is 16.3 Å². The fraction of sp³-hybridized carbons (Fsp3) is 0.462. The van der Waals surface area contributed by atoms with Crippen LogP contribution in [0.2, 0.25) is 5.02 Å². The van der Waals surface area contributed by atoms with Gasteiger partial charge in [-0.2, -0.15) is 0 Å². The topological polar surface area (TPSA) is 58.6 Å². The number of amides is 1. The van der Waals surface area contributed by atoms with Crippen molar-refractivity contribution in [1.29, 1.82) is 0 Å². The van der Waals surface area contributed by atoms with Crippen molar-refractivity contribution in [3.05, 3.63) is 28.8 Å². The predicted molar refractivity (Wildman–Crippen MR) is 70.8 cm³/mol. The highest BCUT2D eigenvalue weighted by Gasteiger charge is 2.15. The Morgan fingerprint density at radius 2 is 2.11 bits per heavy atom. The van der Waals surface area contributed by atoms with E-state index in [1.54, 1.807) is 18.2 Å². The number of rotatable bonds is 4. The number of nitrogens with one attached hydrogen (secondary N) is 1. The summed E-state index contributed by atoms with van der Waals surface area (Å²) >= 11 is 5.96. The molecule has 0 fully saturated rings. The van der Waals surface area contributed by atoms with E-state index >= 15 is 0 Å². The molecule has 0 radical (unpaired) electrons. The Balaban J connectivity index is 2.66. The van der Waals surface area contributed by atoms with E-state index in [1.807, 2.05) is 20.8 Å². The average molecular weight is 272 g/mol. The molecule has 0 saturated heterocycles. The van der Waals surface area contributed by atoms with Crippen LogP contribution in [0.4, 0.5) is 0 Å². The number of halogens is 1. The summed E-state index contributed by atoms with van der Waals surface area (Å²) in [6.07, 6.45) is 0. The van der Waals surface area contributed by atoms with Crippen LogP contribution in [0, 0.1) is 0 Å². The highest BCUT2D eigenvalue weighted by atomic mass is 35.5. The summed E-state index contributed by atoms with van der Waals surface area (Å²) < 4.78 is 5.36. The molecule has 5 heteroatoms. The molecule has 4 nitrogen and oxygen atoms in total. The summed E-state index contributed by atoms with van der Waals surface area (Å²) in [6.45, 7) is 5.35. The average Bonchev–Trinajstić information content (AvgIpc) is 2.24. The number of benzene rings is 1. The molecule has 0 bridgehead atoms. The summed E-state index contributed by atoms with van der Waals surface area (Å²) in [5, 5.41) is 12.3. The van der Waals surface area contributed by atoms with E-state index in [2.05, 4.69) is 5.32 Å². The highest BCUT2D eigenvalue weighted by Crippen LogP contribution is 2.28. The Hall–Kier alpha value is -1.26. The molecular formula is C13H18ClNO3. The Kier molecular flexibility index (Phi) is 4.99. The molecular weight excluding hydrogens is 254 g/mol. The molecule has 0 aliphatic carbocycles. The van der Waals surface area contributed by atoms with Gasteiger partial charge in [0.2, 0.25) is 0 Å². The van der Waals surface area contributed by atoms with Gasteiger partial charge in [0.15, 0.2) is 6.61 Å². The Morgan fingerprint density at radius 1 is 1.44 bits per heavy atom. The molecule has 2 N–H and O–H groups in total. The second-order valence-corrected chi connectivity index (χ2v) is 5.38. The van der Waals surface area contributed by atoms with Crippen LogP contribution >= 0.6 is 11.6 Å². The van der Waals surface area contributed by atoms with Crippen LogP contribution in [0.25, 0.3) is 0 Å². The van der Waals surface area contributed by atoms with Gasteiger partial charge in [-0.1, -0.05) is 23.7 Å². The van der Waals surface area contributed by atoms with Crippen LogP contribution in [0.15, 0.2) is 18.2 Å². The van der Waals surface area contributed by atoms with Gasteiger partial charge in [-0.05, 0) is 26.8 Å². The van der Waals surface area contributed by atoms with Crippen molar-refractivity contribution in [3.63, 3.8) is 0 Å². The van der Waals surface area contributed by atoms with Gasteiger partial charge in [0.05, 0.1) is 11.6 Å². The van der Waals surface area contributed by atoms with Gasteiger partial charge < -0.3 is 15.2 Å². The first-order valence-corrected chi connectivity index (χ1v) is 6.03. The molecule has 18 heavy (non-hydrogen) atoms. The number of hydrogen-bond acceptors (Lipinski definition) is 3. The molecule has 0 aromatic heterocycles. The van der Waals surface area contributed by atoms with Crippen molar-refractivity contribution < 1.29 is 14.6 Å². The van der Waals surface area contributed by atoms with E-state index in [-0.39, 0.29) is 24.7 Å². The van der Waals surface area contributed by atoms with E-state index in [0.717, 1.165) is 0 Å². The second kappa shape index (κ2) is 6.07. The summed E-state index contributed by atoms with van der Waals surface area (Å²) in [5.74, 6) is 0.122. The zero-order valence-corrected chi connectivity index (χ0v) is 11.5. The highest BCUT2D eigenvalue weighted by molar-refractivity contribution is 6.32. The van der Waals surface area contributed by atoms with Gasteiger partial charge in [0.25, 0.3) is 5.91 Å². The molecule has 0 unspecified atom stereocenters. The van der Waals surface area contributed by atoms with Crippen molar-refractivity contribution in [3.8, 4) is 5.75 Å². The first kappa shape index (κ1) is 14.8. The van der Waals surface area contributed by atoms with E-state index in [4.69, 9.17) is 21.4 Å². The number of carbonyl (C=O) groups excluding carboxylic acids is 1. The Labute approximate surface area is 112 Å². The number of ether oxygens (including phenoxy) is 1. The Bertz CT molecular complexity index is 427. The SMILES string of the molecule is CC(C)(C)NC(=O)COc1c(Cl)cccc1CO. The molecule has 1 aromatic carbocycles.